The molecule has 120 valence electrons. The van der Waals surface area contributed by atoms with Crippen LogP contribution in [0, 0.1) is 5.92 Å². The van der Waals surface area contributed by atoms with E-state index in [2.05, 4.69) is 22.1 Å². The molecular weight excluding hydrogens is 280 g/mol. The highest BCUT2D eigenvalue weighted by molar-refractivity contribution is 5.92. The van der Waals surface area contributed by atoms with E-state index in [1.165, 1.54) is 6.42 Å². The number of rotatable bonds is 2. The number of likely N-dealkylation sites (tertiary alicyclic amines) is 1. The van der Waals surface area contributed by atoms with Gasteiger partial charge in [-0.2, -0.15) is 0 Å². The summed E-state index contributed by atoms with van der Waals surface area (Å²) in [5.41, 5.74) is 0.785. The van der Waals surface area contributed by atoms with Crippen LogP contribution >= 0.6 is 0 Å². The number of amides is 2. The standard InChI is InChI=1S/C16H24N4O2/c1-13-4-3-7-20(12-13)16(21)18-14-5-2-6-17-15(14)19-8-10-22-11-9-19/h2,5-6,13H,3-4,7-12H2,1H3,(H,18,21)/t13-/m1/s1. The Balaban J connectivity index is 1.70. The van der Waals surface area contributed by atoms with Crippen molar-refractivity contribution in [1.82, 2.24) is 9.88 Å². The van der Waals surface area contributed by atoms with Crippen LogP contribution in [0.25, 0.3) is 0 Å². The molecule has 0 unspecified atom stereocenters. The van der Waals surface area contributed by atoms with Gasteiger partial charge in [0.25, 0.3) is 0 Å². The van der Waals surface area contributed by atoms with Gasteiger partial charge in [0.2, 0.25) is 0 Å². The van der Waals surface area contributed by atoms with Crippen LogP contribution in [0.5, 0.6) is 0 Å². The average Bonchev–Trinajstić information content (AvgIpc) is 2.56. The number of anilines is 2. The number of carbonyl (C=O) groups is 1. The van der Waals surface area contributed by atoms with Crippen molar-refractivity contribution in [2.75, 3.05) is 49.6 Å². The van der Waals surface area contributed by atoms with Gasteiger partial charge in [0.15, 0.2) is 5.82 Å². The summed E-state index contributed by atoms with van der Waals surface area (Å²) in [5, 5.41) is 3.04. The molecule has 0 aliphatic carbocycles. The van der Waals surface area contributed by atoms with Gasteiger partial charge in [-0.05, 0) is 30.9 Å². The Morgan fingerprint density at radius 3 is 2.95 bits per heavy atom. The molecule has 0 bridgehead atoms. The molecule has 0 radical (unpaired) electrons. The fourth-order valence-electron chi connectivity index (χ4n) is 3.09. The van der Waals surface area contributed by atoms with Crippen LogP contribution in [0.3, 0.4) is 0 Å². The van der Waals surface area contributed by atoms with Crippen LogP contribution < -0.4 is 10.2 Å². The number of carbonyl (C=O) groups excluding carboxylic acids is 1. The molecule has 22 heavy (non-hydrogen) atoms. The first-order valence-corrected chi connectivity index (χ1v) is 8.07. The molecule has 1 atom stereocenters. The molecule has 1 aromatic rings. The van der Waals surface area contributed by atoms with Crippen LogP contribution in [0.2, 0.25) is 0 Å². The minimum Gasteiger partial charge on any atom is -0.378 e. The highest BCUT2D eigenvalue weighted by Crippen LogP contribution is 2.24. The van der Waals surface area contributed by atoms with Crippen molar-refractivity contribution < 1.29 is 9.53 Å². The van der Waals surface area contributed by atoms with E-state index in [4.69, 9.17) is 4.74 Å². The second-order valence-electron chi connectivity index (χ2n) is 6.10. The predicted molar refractivity (Wildman–Crippen MR) is 86.3 cm³/mol. The molecule has 2 fully saturated rings. The summed E-state index contributed by atoms with van der Waals surface area (Å²) in [6, 6.07) is 3.76. The van der Waals surface area contributed by atoms with Crippen LogP contribution in [0.4, 0.5) is 16.3 Å². The first-order chi connectivity index (χ1) is 10.7. The number of morpholine rings is 1. The topological polar surface area (TPSA) is 57.7 Å². The van der Waals surface area contributed by atoms with Crippen molar-refractivity contribution in [3.63, 3.8) is 0 Å². The summed E-state index contributed by atoms with van der Waals surface area (Å²) < 4.78 is 5.38. The van der Waals surface area contributed by atoms with Gasteiger partial charge in [0.05, 0.1) is 18.9 Å². The lowest BCUT2D eigenvalue weighted by atomic mass is 10.0. The number of nitrogens with zero attached hydrogens (tertiary/aromatic N) is 3. The second kappa shape index (κ2) is 6.96. The maximum Gasteiger partial charge on any atom is 0.321 e. The van der Waals surface area contributed by atoms with E-state index < -0.39 is 0 Å². The van der Waals surface area contributed by atoms with Gasteiger partial charge < -0.3 is 19.9 Å². The average molecular weight is 304 g/mol. The minimum absolute atomic E-state index is 0.0194. The number of pyridine rings is 1. The Morgan fingerprint density at radius 1 is 1.36 bits per heavy atom. The smallest absolute Gasteiger partial charge is 0.321 e. The van der Waals surface area contributed by atoms with Gasteiger partial charge in [-0.15, -0.1) is 0 Å². The molecule has 6 heteroatoms. The number of piperidine rings is 1. The molecule has 1 aromatic heterocycles. The van der Waals surface area contributed by atoms with Crippen molar-refractivity contribution in [1.29, 1.82) is 0 Å². The molecule has 2 aliphatic heterocycles. The lowest BCUT2D eigenvalue weighted by molar-refractivity contribution is 0.122. The third kappa shape index (κ3) is 3.50. The van der Waals surface area contributed by atoms with Gasteiger partial charge in [0, 0.05) is 32.4 Å². The van der Waals surface area contributed by atoms with Crippen molar-refractivity contribution in [2.45, 2.75) is 19.8 Å². The SMILES string of the molecule is C[C@@H]1CCCN(C(=O)Nc2cccnc2N2CCOCC2)C1. The van der Waals surface area contributed by atoms with Gasteiger partial charge in [-0.1, -0.05) is 6.92 Å². The largest absolute Gasteiger partial charge is 0.378 e. The normalized spacial score (nSPS) is 22.5. The number of hydrogen-bond acceptors (Lipinski definition) is 4. The van der Waals surface area contributed by atoms with E-state index in [0.717, 1.165) is 44.1 Å². The van der Waals surface area contributed by atoms with E-state index in [1.54, 1.807) is 6.20 Å². The monoisotopic (exact) mass is 304 g/mol. The first kappa shape index (κ1) is 15.1. The summed E-state index contributed by atoms with van der Waals surface area (Å²) in [7, 11) is 0. The molecule has 3 heterocycles. The number of hydrogen-bond donors (Lipinski definition) is 1. The highest BCUT2D eigenvalue weighted by Gasteiger charge is 2.23. The Morgan fingerprint density at radius 2 is 2.18 bits per heavy atom. The van der Waals surface area contributed by atoms with Crippen LogP contribution in [0.1, 0.15) is 19.8 Å². The number of ether oxygens (including phenoxy) is 1. The first-order valence-electron chi connectivity index (χ1n) is 8.07. The van der Waals surface area contributed by atoms with Crippen LogP contribution in [0.15, 0.2) is 18.3 Å². The minimum atomic E-state index is -0.0194. The summed E-state index contributed by atoms with van der Waals surface area (Å²) in [6.07, 6.45) is 4.05. The third-order valence-electron chi connectivity index (χ3n) is 4.28. The Bertz CT molecular complexity index is 517. The van der Waals surface area contributed by atoms with Gasteiger partial charge >= 0.3 is 6.03 Å². The van der Waals surface area contributed by atoms with Gasteiger partial charge in [0.1, 0.15) is 0 Å². The fourth-order valence-corrected chi connectivity index (χ4v) is 3.09. The lowest BCUT2D eigenvalue weighted by Gasteiger charge is -2.32. The van der Waals surface area contributed by atoms with Crippen molar-refractivity contribution in [3.05, 3.63) is 18.3 Å². The van der Waals surface area contributed by atoms with Crippen molar-refractivity contribution in [2.24, 2.45) is 5.92 Å². The van der Waals surface area contributed by atoms with E-state index in [1.807, 2.05) is 17.0 Å². The fraction of sp³-hybridized carbons (Fsp3) is 0.625. The van der Waals surface area contributed by atoms with Gasteiger partial charge in [-0.3, -0.25) is 0 Å². The molecule has 1 N–H and O–H groups in total. The molecule has 2 amide bonds. The van der Waals surface area contributed by atoms with Crippen molar-refractivity contribution in [3.8, 4) is 0 Å². The highest BCUT2D eigenvalue weighted by atomic mass is 16.5. The molecule has 6 nitrogen and oxygen atoms in total. The number of aromatic nitrogens is 1. The number of urea groups is 1. The zero-order valence-electron chi connectivity index (χ0n) is 13.1. The molecule has 2 saturated heterocycles. The van der Waals surface area contributed by atoms with E-state index in [0.29, 0.717) is 19.1 Å². The predicted octanol–water partition coefficient (Wildman–Crippen LogP) is 2.18. The molecule has 0 aromatic carbocycles. The zero-order chi connectivity index (χ0) is 15.4. The Kier molecular flexibility index (Phi) is 4.77. The lowest BCUT2D eigenvalue weighted by Crippen LogP contribution is -2.42. The number of nitrogens with one attached hydrogen (secondary N) is 1. The zero-order valence-corrected chi connectivity index (χ0v) is 13.1. The molecule has 2 aliphatic rings. The summed E-state index contributed by atoms with van der Waals surface area (Å²) in [5.74, 6) is 1.41. The Labute approximate surface area is 131 Å². The van der Waals surface area contributed by atoms with E-state index in [9.17, 15) is 4.79 Å². The molecule has 0 saturated carbocycles. The summed E-state index contributed by atoms with van der Waals surface area (Å²) in [6.45, 7) is 6.88. The second-order valence-corrected chi connectivity index (χ2v) is 6.10. The van der Waals surface area contributed by atoms with Gasteiger partial charge in [-0.25, -0.2) is 9.78 Å². The van der Waals surface area contributed by atoms with Crippen LogP contribution in [-0.2, 0) is 4.74 Å². The Hall–Kier alpha value is -1.82. The van der Waals surface area contributed by atoms with Crippen LogP contribution in [-0.4, -0.2) is 55.3 Å². The van der Waals surface area contributed by atoms with E-state index in [-0.39, 0.29) is 6.03 Å². The third-order valence-corrected chi connectivity index (χ3v) is 4.28. The molecule has 3 rings (SSSR count). The summed E-state index contributed by atoms with van der Waals surface area (Å²) in [4.78, 5) is 21.0. The summed E-state index contributed by atoms with van der Waals surface area (Å²) >= 11 is 0. The molecule has 0 spiro atoms. The maximum atomic E-state index is 12.5. The molecular formula is C16H24N4O2. The maximum absolute atomic E-state index is 12.5. The quantitative estimate of drug-likeness (QED) is 0.910. The van der Waals surface area contributed by atoms with Crippen molar-refractivity contribution >= 4 is 17.5 Å². The van der Waals surface area contributed by atoms with E-state index >= 15 is 0 Å².